The van der Waals surface area contributed by atoms with Crippen molar-refractivity contribution in [2.75, 3.05) is 24.9 Å². The minimum Gasteiger partial charge on any atom is -0.496 e. The molecule has 0 radical (unpaired) electrons. The molecule has 2 N–H and O–H groups in total. The number of hydrogen-bond acceptors (Lipinski definition) is 12. The number of halogens is 3. The van der Waals surface area contributed by atoms with Crippen molar-refractivity contribution in [2.45, 2.75) is 0 Å². The monoisotopic (exact) mass is 848 g/mol. The van der Waals surface area contributed by atoms with Crippen molar-refractivity contribution in [1.29, 1.82) is 0 Å². The quantitative estimate of drug-likeness (QED) is 0.152. The van der Waals surface area contributed by atoms with Crippen LogP contribution in [0.2, 0.25) is 10.0 Å². The SMILES string of the molecule is COc1ccc(Cl)cc1-c1nc(Br)sc1NC(=O)c1cnn2cccnc12.COc1ccc(Cl)cc1-c1ncsc1NC(=O)c1cnn2cccnc12. The van der Waals surface area contributed by atoms with E-state index in [9.17, 15) is 9.59 Å². The molecule has 14 nitrogen and oxygen atoms in total. The molecule has 2 aromatic carbocycles. The van der Waals surface area contributed by atoms with Crippen LogP contribution < -0.4 is 20.1 Å². The van der Waals surface area contributed by atoms with E-state index in [1.165, 1.54) is 35.1 Å². The highest BCUT2D eigenvalue weighted by atomic mass is 79.9. The summed E-state index contributed by atoms with van der Waals surface area (Å²) in [6.07, 6.45) is 9.65. The van der Waals surface area contributed by atoms with Crippen LogP contribution in [0.5, 0.6) is 11.5 Å². The van der Waals surface area contributed by atoms with Crippen LogP contribution in [-0.4, -0.2) is 65.2 Å². The molecule has 0 saturated carbocycles. The highest BCUT2D eigenvalue weighted by molar-refractivity contribution is 9.11. The van der Waals surface area contributed by atoms with E-state index in [1.807, 2.05) is 0 Å². The lowest BCUT2D eigenvalue weighted by atomic mass is 10.1. The maximum Gasteiger partial charge on any atom is 0.261 e. The zero-order valence-corrected chi connectivity index (χ0v) is 32.1. The Hall–Kier alpha value is -5.46. The molecule has 0 bridgehead atoms. The average molecular weight is 851 g/mol. The number of ether oxygens (including phenoxy) is 2. The third-order valence-electron chi connectivity index (χ3n) is 7.50. The molecule has 0 saturated heterocycles. The second-order valence-corrected chi connectivity index (χ2v) is 14.7. The Kier molecular flexibility index (Phi) is 10.6. The van der Waals surface area contributed by atoms with Crippen LogP contribution in [0.25, 0.3) is 33.8 Å². The van der Waals surface area contributed by atoms with E-state index in [0.717, 1.165) is 0 Å². The number of nitrogens with zero attached hydrogens (tertiary/aromatic N) is 8. The van der Waals surface area contributed by atoms with Gasteiger partial charge in [-0.05, 0) is 64.5 Å². The molecule has 8 rings (SSSR count). The summed E-state index contributed by atoms with van der Waals surface area (Å²) in [7, 11) is 3.14. The van der Waals surface area contributed by atoms with E-state index in [1.54, 1.807) is 102 Å². The molecule has 6 aromatic heterocycles. The number of carbonyl (C=O) groups is 2. The lowest BCUT2D eigenvalue weighted by molar-refractivity contribution is 0.102. The van der Waals surface area contributed by atoms with Gasteiger partial charge in [0.15, 0.2) is 15.2 Å². The number of fused-ring (bicyclic) bond motifs is 2. The Labute approximate surface area is 326 Å². The molecule has 0 aliphatic heterocycles. The van der Waals surface area contributed by atoms with Crippen molar-refractivity contribution in [3.8, 4) is 34.0 Å². The summed E-state index contributed by atoms with van der Waals surface area (Å²) in [5.74, 6) is 0.575. The first-order chi connectivity index (χ1) is 25.7. The smallest absolute Gasteiger partial charge is 0.261 e. The van der Waals surface area contributed by atoms with Gasteiger partial charge < -0.3 is 20.1 Å². The predicted molar refractivity (Wildman–Crippen MR) is 208 cm³/mol. The fourth-order valence-corrected chi connectivity index (χ4v) is 7.53. The van der Waals surface area contributed by atoms with Crippen molar-refractivity contribution in [3.63, 3.8) is 0 Å². The zero-order chi connectivity index (χ0) is 37.1. The third-order valence-corrected chi connectivity index (χ3v) is 10.1. The molecule has 0 fully saturated rings. The number of methoxy groups -OCH3 is 2. The molecule has 0 spiro atoms. The maximum atomic E-state index is 12.8. The number of amides is 2. The summed E-state index contributed by atoms with van der Waals surface area (Å²) >= 11 is 18.2. The Bertz CT molecular complexity index is 2630. The minimum atomic E-state index is -0.331. The normalized spacial score (nSPS) is 10.9. The molecule has 0 aliphatic carbocycles. The number of benzene rings is 2. The van der Waals surface area contributed by atoms with Crippen LogP contribution in [-0.2, 0) is 0 Å². The van der Waals surface area contributed by atoms with E-state index < -0.39 is 0 Å². The van der Waals surface area contributed by atoms with Gasteiger partial charge in [0, 0.05) is 46.0 Å². The summed E-state index contributed by atoms with van der Waals surface area (Å²) in [5.41, 5.74) is 5.88. The van der Waals surface area contributed by atoms with Crippen LogP contribution in [0.15, 0.2) is 95.1 Å². The number of rotatable bonds is 8. The second kappa shape index (κ2) is 15.6. The Morgan fingerprint density at radius 3 is 1.83 bits per heavy atom. The molecule has 266 valence electrons. The highest BCUT2D eigenvalue weighted by Gasteiger charge is 2.22. The lowest BCUT2D eigenvalue weighted by Gasteiger charge is -2.09. The van der Waals surface area contributed by atoms with Crippen molar-refractivity contribution in [2.24, 2.45) is 0 Å². The zero-order valence-electron chi connectivity index (χ0n) is 27.3. The largest absolute Gasteiger partial charge is 0.496 e. The van der Waals surface area contributed by atoms with Gasteiger partial charge in [0.2, 0.25) is 0 Å². The first kappa shape index (κ1) is 35.9. The summed E-state index contributed by atoms with van der Waals surface area (Å²) in [4.78, 5) is 42.8. The van der Waals surface area contributed by atoms with Gasteiger partial charge in [-0.1, -0.05) is 34.5 Å². The van der Waals surface area contributed by atoms with E-state index in [-0.39, 0.29) is 11.8 Å². The van der Waals surface area contributed by atoms with Gasteiger partial charge in [-0.25, -0.2) is 29.0 Å². The predicted octanol–water partition coefficient (Wildman–Crippen LogP) is 8.30. The molecule has 0 aliphatic rings. The average Bonchev–Trinajstić information content (AvgIpc) is 3.98. The van der Waals surface area contributed by atoms with Crippen LogP contribution in [0.3, 0.4) is 0 Å². The summed E-state index contributed by atoms with van der Waals surface area (Å²) in [5, 5.41) is 16.3. The van der Waals surface area contributed by atoms with E-state index >= 15 is 0 Å². The number of anilines is 2. The molecule has 0 atom stereocenters. The van der Waals surface area contributed by atoms with E-state index in [4.69, 9.17) is 32.7 Å². The third kappa shape index (κ3) is 7.56. The molecule has 0 unspecified atom stereocenters. The maximum absolute atomic E-state index is 12.8. The van der Waals surface area contributed by atoms with Crippen LogP contribution >= 0.6 is 61.8 Å². The van der Waals surface area contributed by atoms with Gasteiger partial charge in [0.25, 0.3) is 11.8 Å². The fourth-order valence-electron chi connectivity index (χ4n) is 5.13. The van der Waals surface area contributed by atoms with Crippen molar-refractivity contribution < 1.29 is 19.1 Å². The van der Waals surface area contributed by atoms with Gasteiger partial charge >= 0.3 is 0 Å². The van der Waals surface area contributed by atoms with Crippen LogP contribution in [0.1, 0.15) is 20.7 Å². The molecule has 2 amide bonds. The summed E-state index contributed by atoms with van der Waals surface area (Å²) in [6.45, 7) is 0. The lowest BCUT2D eigenvalue weighted by Crippen LogP contribution is -2.11. The van der Waals surface area contributed by atoms with Gasteiger partial charge in [-0.3, -0.25) is 9.59 Å². The molecule has 19 heteroatoms. The molecule has 8 aromatic rings. The number of carbonyl (C=O) groups excluding carboxylic acids is 2. The number of nitrogens with one attached hydrogen (secondary N) is 2. The van der Waals surface area contributed by atoms with Crippen molar-refractivity contribution >= 4 is 94.9 Å². The summed E-state index contributed by atoms with van der Waals surface area (Å²) in [6, 6.07) is 14.0. The topological polar surface area (TPSA) is 163 Å². The first-order valence-electron chi connectivity index (χ1n) is 15.2. The molecular weight excluding hydrogens is 827 g/mol. The standard InChI is InChI=1S/C17H11BrClN5O2S.C17H12ClN5O2S/c1-26-12-4-3-9(19)7-10(12)13-16(27-17(18)22-13)23-15(25)11-8-21-24-6-2-5-20-14(11)24;1-25-13-4-3-10(18)7-11(13)14-17(26-9-20-14)22-16(24)12-8-21-23-6-2-5-19-15(12)23/h2-8H,1H3,(H,23,25);2-9H,1H3,(H,22,24). The van der Waals surface area contributed by atoms with Crippen molar-refractivity contribution in [1.82, 2.24) is 39.2 Å². The molecule has 53 heavy (non-hydrogen) atoms. The van der Waals surface area contributed by atoms with Crippen LogP contribution in [0.4, 0.5) is 10.0 Å². The Morgan fingerprint density at radius 2 is 1.28 bits per heavy atom. The number of thiazole rings is 2. The van der Waals surface area contributed by atoms with Crippen molar-refractivity contribution in [3.05, 3.63) is 116 Å². The van der Waals surface area contributed by atoms with Gasteiger partial charge in [0.1, 0.15) is 44.0 Å². The Morgan fingerprint density at radius 1 is 0.755 bits per heavy atom. The molecule has 6 heterocycles. The van der Waals surface area contributed by atoms with Crippen LogP contribution in [0, 0.1) is 0 Å². The highest BCUT2D eigenvalue weighted by Crippen LogP contribution is 2.41. The van der Waals surface area contributed by atoms with Gasteiger partial charge in [-0.15, -0.1) is 11.3 Å². The summed E-state index contributed by atoms with van der Waals surface area (Å²) < 4.78 is 14.5. The van der Waals surface area contributed by atoms with Gasteiger partial charge in [0.05, 0.1) is 32.1 Å². The van der Waals surface area contributed by atoms with E-state index in [2.05, 4.69) is 56.7 Å². The van der Waals surface area contributed by atoms with E-state index in [0.29, 0.717) is 80.4 Å². The minimum absolute atomic E-state index is 0.315. The van der Waals surface area contributed by atoms with Gasteiger partial charge in [-0.2, -0.15) is 10.2 Å². The fraction of sp³-hybridized carbons (Fsp3) is 0.0588. The Balaban J connectivity index is 0.000000164. The first-order valence-corrected chi connectivity index (χ1v) is 18.5. The number of aromatic nitrogens is 8. The number of hydrogen-bond donors (Lipinski definition) is 2. The second-order valence-electron chi connectivity index (χ2n) is 10.7. The molecular formula is C34H23BrCl2N10O4S2.